The first-order valence-corrected chi connectivity index (χ1v) is 10.7. The van der Waals surface area contributed by atoms with E-state index in [1.807, 2.05) is 6.92 Å². The lowest BCUT2D eigenvalue weighted by molar-refractivity contribution is 0.434. The van der Waals surface area contributed by atoms with Crippen LogP contribution in [-0.4, -0.2) is 57.6 Å². The van der Waals surface area contributed by atoms with E-state index >= 15 is 0 Å². The van der Waals surface area contributed by atoms with Crippen molar-refractivity contribution in [1.82, 2.24) is 30.2 Å². The molecule has 2 fully saturated rings. The topological polar surface area (TPSA) is 104 Å². The Bertz CT molecular complexity index is 1310. The summed E-state index contributed by atoms with van der Waals surface area (Å²) in [5.74, 6) is 2.10. The number of H-pyrrole nitrogens is 1. The quantitative estimate of drug-likeness (QED) is 0.450. The molecule has 2 bridgehead atoms. The molecule has 1 aromatic carbocycles. The molecule has 9 nitrogen and oxygen atoms in total. The number of nitrogens with zero attached hydrogens (tertiary/aromatic N) is 5. The van der Waals surface area contributed by atoms with Crippen molar-refractivity contribution in [1.29, 1.82) is 0 Å². The maximum Gasteiger partial charge on any atom is 0.326 e. The van der Waals surface area contributed by atoms with Crippen LogP contribution in [0.5, 0.6) is 11.8 Å². The fourth-order valence-corrected chi connectivity index (χ4v) is 4.84. The monoisotopic (exact) mass is 434 g/mol. The Balaban J connectivity index is 1.54. The van der Waals surface area contributed by atoms with Crippen LogP contribution in [0.2, 0.25) is 0 Å². The Morgan fingerprint density at radius 3 is 2.81 bits per heavy atom. The summed E-state index contributed by atoms with van der Waals surface area (Å²) in [7, 11) is 1.77. The first kappa shape index (κ1) is 19.2. The molecule has 4 aromatic rings. The molecule has 2 aliphatic heterocycles. The van der Waals surface area contributed by atoms with Gasteiger partial charge in [-0.2, -0.15) is 9.97 Å². The Morgan fingerprint density at radius 2 is 2.03 bits per heavy atom. The van der Waals surface area contributed by atoms with Gasteiger partial charge in [0.2, 0.25) is 0 Å². The molecule has 0 radical (unpaired) electrons. The van der Waals surface area contributed by atoms with Gasteiger partial charge < -0.3 is 25.3 Å². The minimum Gasteiger partial charge on any atom is -0.421 e. The number of ether oxygens (including phenoxy) is 1. The molecule has 6 rings (SSSR count). The molecule has 2 unspecified atom stereocenters. The summed E-state index contributed by atoms with van der Waals surface area (Å²) in [6.45, 7) is 4.53. The molecule has 5 heterocycles. The van der Waals surface area contributed by atoms with E-state index in [1.165, 1.54) is 18.6 Å². The smallest absolute Gasteiger partial charge is 0.326 e. The highest BCUT2D eigenvalue weighted by Gasteiger charge is 2.34. The maximum atomic E-state index is 14.4. The fraction of sp³-hybridized carbons (Fsp3) is 0.364. The molecule has 2 atom stereocenters. The Labute approximate surface area is 183 Å². The zero-order valence-electron chi connectivity index (χ0n) is 17.8. The molecule has 0 aliphatic carbocycles. The average molecular weight is 434 g/mol. The van der Waals surface area contributed by atoms with Crippen molar-refractivity contribution < 1.29 is 9.13 Å². The van der Waals surface area contributed by atoms with Crippen molar-refractivity contribution in [3.05, 3.63) is 36.2 Å². The van der Waals surface area contributed by atoms with Crippen LogP contribution in [0.1, 0.15) is 12.2 Å². The SMILES string of the molecule is CNc1cc(F)cc2c1[nH]c1nc(Oc3cnc(C)nc3)nc(N3CC4CNC(C4)C3)c12. The second kappa shape index (κ2) is 7.27. The van der Waals surface area contributed by atoms with E-state index in [0.29, 0.717) is 34.9 Å². The number of fused-ring (bicyclic) bond motifs is 5. The highest BCUT2D eigenvalue weighted by atomic mass is 19.1. The third kappa shape index (κ3) is 3.18. The molecule has 0 saturated carbocycles. The lowest BCUT2D eigenvalue weighted by atomic mass is 9.99. The standard InChI is InChI=1S/C22H23FN8O/c1-11-25-7-15(8-26-11)32-22-29-20-18(16-4-13(23)5-17(24-2)19(16)28-20)21(30-22)31-9-12-3-14(10-31)27-6-12/h4-5,7-8,12,14,24,27H,3,6,9-10H2,1-2H3,(H,28,29,30). The molecule has 164 valence electrons. The van der Waals surface area contributed by atoms with Crippen molar-refractivity contribution in [2.45, 2.75) is 19.4 Å². The molecular formula is C22H23FN8O. The number of piperidine rings is 1. The van der Waals surface area contributed by atoms with Gasteiger partial charge in [0.25, 0.3) is 0 Å². The minimum atomic E-state index is -0.314. The van der Waals surface area contributed by atoms with Crippen LogP contribution in [-0.2, 0) is 0 Å². The summed E-state index contributed by atoms with van der Waals surface area (Å²) in [6, 6.07) is 3.62. The van der Waals surface area contributed by atoms with Crippen LogP contribution in [0.15, 0.2) is 24.5 Å². The lowest BCUT2D eigenvalue weighted by Gasteiger charge is -2.32. The molecule has 32 heavy (non-hydrogen) atoms. The van der Waals surface area contributed by atoms with E-state index in [1.54, 1.807) is 19.4 Å². The van der Waals surface area contributed by atoms with Crippen LogP contribution in [0.25, 0.3) is 21.9 Å². The Hall–Kier alpha value is -3.53. The van der Waals surface area contributed by atoms with Crippen molar-refractivity contribution in [3.63, 3.8) is 0 Å². The van der Waals surface area contributed by atoms with E-state index in [2.05, 4.69) is 35.5 Å². The average Bonchev–Trinajstić information content (AvgIpc) is 3.33. The number of hydrogen-bond acceptors (Lipinski definition) is 8. The first-order chi connectivity index (χ1) is 15.6. The molecule has 2 saturated heterocycles. The molecule has 3 aromatic heterocycles. The number of rotatable bonds is 4. The summed E-state index contributed by atoms with van der Waals surface area (Å²) in [5.41, 5.74) is 2.05. The van der Waals surface area contributed by atoms with E-state index in [-0.39, 0.29) is 11.8 Å². The first-order valence-electron chi connectivity index (χ1n) is 10.7. The highest BCUT2D eigenvalue weighted by molar-refractivity contribution is 6.14. The predicted octanol–water partition coefficient (Wildman–Crippen LogP) is 2.98. The van der Waals surface area contributed by atoms with Gasteiger partial charge in [-0.1, -0.05) is 0 Å². The number of halogens is 1. The summed E-state index contributed by atoms with van der Waals surface area (Å²) in [4.78, 5) is 23.4. The molecule has 0 amide bonds. The Kier molecular flexibility index (Phi) is 4.35. The normalized spacial score (nSPS) is 20.3. The van der Waals surface area contributed by atoms with Crippen molar-refractivity contribution in [3.8, 4) is 11.8 Å². The summed E-state index contributed by atoms with van der Waals surface area (Å²) in [6.07, 6.45) is 4.36. The van der Waals surface area contributed by atoms with Crippen molar-refractivity contribution in [2.75, 3.05) is 36.9 Å². The molecule has 2 aliphatic rings. The molecule has 3 N–H and O–H groups in total. The zero-order chi connectivity index (χ0) is 21.8. The van der Waals surface area contributed by atoms with Gasteiger partial charge in [-0.25, -0.2) is 14.4 Å². The van der Waals surface area contributed by atoms with Gasteiger partial charge in [-0.15, -0.1) is 0 Å². The third-order valence-electron chi connectivity index (χ3n) is 6.25. The lowest BCUT2D eigenvalue weighted by Crippen LogP contribution is -2.41. The second-order valence-corrected chi connectivity index (χ2v) is 8.48. The largest absolute Gasteiger partial charge is 0.421 e. The summed E-state index contributed by atoms with van der Waals surface area (Å²) < 4.78 is 20.4. The molecule has 0 spiro atoms. The van der Waals surface area contributed by atoms with E-state index in [9.17, 15) is 4.39 Å². The van der Waals surface area contributed by atoms with Gasteiger partial charge in [0.15, 0.2) is 5.75 Å². The number of hydrogen-bond donors (Lipinski definition) is 3. The third-order valence-corrected chi connectivity index (χ3v) is 6.25. The number of aromatic amines is 1. The number of nitrogens with one attached hydrogen (secondary N) is 3. The van der Waals surface area contributed by atoms with Crippen molar-refractivity contribution in [2.24, 2.45) is 5.92 Å². The van der Waals surface area contributed by atoms with Gasteiger partial charge in [0, 0.05) is 38.1 Å². The van der Waals surface area contributed by atoms with Gasteiger partial charge in [0.05, 0.1) is 29.0 Å². The number of aryl methyl sites for hydroxylation is 1. The number of aromatic nitrogens is 5. The van der Waals surface area contributed by atoms with Crippen LogP contribution >= 0.6 is 0 Å². The Morgan fingerprint density at radius 1 is 1.19 bits per heavy atom. The van der Waals surface area contributed by atoms with Gasteiger partial charge >= 0.3 is 6.01 Å². The van der Waals surface area contributed by atoms with Crippen LogP contribution in [0, 0.1) is 18.7 Å². The maximum absolute atomic E-state index is 14.4. The van der Waals surface area contributed by atoms with Crippen LogP contribution in [0.3, 0.4) is 0 Å². The second-order valence-electron chi connectivity index (χ2n) is 8.48. The van der Waals surface area contributed by atoms with E-state index in [4.69, 9.17) is 9.72 Å². The van der Waals surface area contributed by atoms with Gasteiger partial charge in [-0.05, 0) is 31.4 Å². The van der Waals surface area contributed by atoms with E-state index in [0.717, 1.165) is 41.7 Å². The zero-order valence-corrected chi connectivity index (χ0v) is 17.8. The minimum absolute atomic E-state index is 0.198. The van der Waals surface area contributed by atoms with Gasteiger partial charge in [-0.3, -0.25) is 0 Å². The van der Waals surface area contributed by atoms with Crippen LogP contribution in [0.4, 0.5) is 15.9 Å². The number of anilines is 2. The number of benzene rings is 1. The highest BCUT2D eigenvalue weighted by Crippen LogP contribution is 2.38. The molecular weight excluding hydrogens is 411 g/mol. The van der Waals surface area contributed by atoms with Crippen molar-refractivity contribution >= 4 is 33.4 Å². The fourth-order valence-electron chi connectivity index (χ4n) is 4.84. The molecule has 10 heteroatoms. The predicted molar refractivity (Wildman–Crippen MR) is 120 cm³/mol. The van der Waals surface area contributed by atoms with E-state index < -0.39 is 0 Å². The summed E-state index contributed by atoms with van der Waals surface area (Å²) >= 11 is 0. The van der Waals surface area contributed by atoms with Gasteiger partial charge in [0.1, 0.15) is 23.1 Å². The summed E-state index contributed by atoms with van der Waals surface area (Å²) in [5, 5.41) is 8.18. The van der Waals surface area contributed by atoms with Crippen LogP contribution < -0.4 is 20.3 Å².